The Labute approximate surface area is 468 Å². The predicted molar refractivity (Wildman–Crippen MR) is 301 cm³/mol. The number of fused-ring (bicyclic) bond motifs is 5. The number of aliphatic hydroxyl groups is 1. The highest BCUT2D eigenvalue weighted by Gasteiger charge is 2.60. The summed E-state index contributed by atoms with van der Waals surface area (Å²) in [5.74, 6) is -4.19. The highest BCUT2D eigenvalue weighted by Crippen LogP contribution is 2.51. The number of rotatable bonds is 16. The van der Waals surface area contributed by atoms with Gasteiger partial charge in [-0.3, -0.25) is 14.4 Å². The number of hydrogen-bond acceptors (Lipinski definition) is 17. The molecular weight excluding hydrogens is 1040 g/mol. The first kappa shape index (κ1) is 67.0. The molecule has 0 radical (unpaired) electrons. The largest absolute Gasteiger partial charge is 0.466 e. The number of epoxide rings is 1. The third kappa shape index (κ3) is 17.7. The van der Waals surface area contributed by atoms with Crippen molar-refractivity contribution < 1.29 is 80.6 Å². The number of allylic oxidation sites excluding steroid dienone is 2. The van der Waals surface area contributed by atoms with Crippen LogP contribution in [-0.4, -0.2) is 146 Å². The summed E-state index contributed by atoms with van der Waals surface area (Å²) in [6.45, 7) is 24.9. The Balaban J connectivity index is 1.91. The Kier molecular flexibility index (Phi) is 25.7. The van der Waals surface area contributed by atoms with Gasteiger partial charge in [0.2, 0.25) is 0 Å². The van der Waals surface area contributed by atoms with Crippen molar-refractivity contribution in [2.75, 3.05) is 21.3 Å². The molecular formula is C59H98O17Si2. The number of aliphatic hydroxyl groups excluding tert-OH is 1. The fraction of sp³-hybridized carbons (Fsp3) is 0.780. The number of methoxy groups -OCH3 is 3. The number of cyclic esters (lactones) is 1. The molecule has 19 heteroatoms. The molecule has 4 aliphatic heterocycles. The van der Waals surface area contributed by atoms with Crippen molar-refractivity contribution >= 4 is 46.5 Å². The van der Waals surface area contributed by atoms with E-state index >= 15 is 0 Å². The van der Waals surface area contributed by atoms with E-state index in [-0.39, 0.29) is 31.3 Å². The van der Waals surface area contributed by atoms with E-state index in [1.807, 2.05) is 58.9 Å². The van der Waals surface area contributed by atoms with Crippen molar-refractivity contribution in [1.29, 1.82) is 0 Å². The first-order chi connectivity index (χ1) is 36.8. The van der Waals surface area contributed by atoms with Crippen molar-refractivity contribution in [2.24, 2.45) is 10.8 Å². The molecule has 0 aromatic carbocycles. The molecule has 0 aliphatic carbocycles. The predicted octanol–water partition coefficient (Wildman–Crippen LogP) is 10.5. The summed E-state index contributed by atoms with van der Waals surface area (Å²) < 4.78 is 70.0. The van der Waals surface area contributed by atoms with Crippen LogP contribution in [0.2, 0.25) is 36.3 Å². The molecule has 444 valence electrons. The lowest BCUT2D eigenvalue weighted by atomic mass is 9.70. The summed E-state index contributed by atoms with van der Waals surface area (Å²) in [7, 11) is -0.529. The molecule has 78 heavy (non-hydrogen) atoms. The van der Waals surface area contributed by atoms with Crippen molar-refractivity contribution in [3.05, 3.63) is 47.6 Å². The topological polar surface area (TPSA) is 210 Å². The van der Waals surface area contributed by atoms with Crippen LogP contribution in [-0.2, 0) is 75.5 Å². The zero-order valence-corrected chi connectivity index (χ0v) is 52.1. The smallest absolute Gasteiger partial charge is 0.330 e. The second-order valence-electron chi connectivity index (χ2n) is 23.0. The normalized spacial score (nSPS) is 32.8. The van der Waals surface area contributed by atoms with Crippen LogP contribution in [0.4, 0.5) is 0 Å². The molecule has 17 nitrogen and oxygen atoms in total. The second kappa shape index (κ2) is 30.0. The quantitative estimate of drug-likeness (QED) is 0.0380. The Hall–Kier alpha value is -3.54. The molecule has 3 fully saturated rings. The molecule has 4 bridgehead atoms. The van der Waals surface area contributed by atoms with E-state index in [1.165, 1.54) is 40.2 Å². The number of ether oxygens (including phenoxy) is 9. The van der Waals surface area contributed by atoms with E-state index in [4.69, 9.17) is 51.5 Å². The number of carbonyl (C=O) groups excluding carboxylic acids is 5. The number of hydrogen-bond donors (Lipinski definition) is 1. The van der Waals surface area contributed by atoms with Gasteiger partial charge in [0.05, 0.1) is 62.7 Å². The highest BCUT2D eigenvalue weighted by atomic mass is 28.4. The van der Waals surface area contributed by atoms with Crippen LogP contribution in [0.3, 0.4) is 0 Å². The summed E-state index contributed by atoms with van der Waals surface area (Å²) >= 11 is 0. The van der Waals surface area contributed by atoms with Crippen molar-refractivity contribution in [3.8, 4) is 0 Å². The Morgan fingerprint density at radius 2 is 1.40 bits per heavy atom. The lowest BCUT2D eigenvalue weighted by Crippen LogP contribution is -2.63. The Bertz CT molecular complexity index is 2090. The molecule has 4 heterocycles. The summed E-state index contributed by atoms with van der Waals surface area (Å²) in [6.07, 6.45) is 6.01. The van der Waals surface area contributed by atoms with Crippen LogP contribution in [0.1, 0.15) is 154 Å². The molecule has 3 saturated heterocycles. The minimum absolute atomic E-state index is 0.127. The summed E-state index contributed by atoms with van der Waals surface area (Å²) in [4.78, 5) is 66.5. The van der Waals surface area contributed by atoms with E-state index in [9.17, 15) is 29.1 Å². The molecule has 12 atom stereocenters. The van der Waals surface area contributed by atoms with Crippen molar-refractivity contribution in [3.63, 3.8) is 0 Å². The molecule has 1 N–H and O–H groups in total. The van der Waals surface area contributed by atoms with Gasteiger partial charge in [-0.2, -0.15) is 0 Å². The van der Waals surface area contributed by atoms with E-state index in [2.05, 4.69) is 41.5 Å². The van der Waals surface area contributed by atoms with Crippen molar-refractivity contribution in [1.82, 2.24) is 0 Å². The van der Waals surface area contributed by atoms with Crippen LogP contribution in [0.15, 0.2) is 47.6 Å². The van der Waals surface area contributed by atoms with Gasteiger partial charge in [0.15, 0.2) is 28.5 Å². The van der Waals surface area contributed by atoms with Gasteiger partial charge >= 0.3 is 29.8 Å². The van der Waals surface area contributed by atoms with Gasteiger partial charge in [0.1, 0.15) is 24.4 Å². The fourth-order valence-corrected chi connectivity index (χ4v) is 17.5. The second-order valence-corrected chi connectivity index (χ2v) is 32.4. The molecule has 0 spiro atoms. The van der Waals surface area contributed by atoms with Gasteiger partial charge in [0.25, 0.3) is 0 Å². The lowest BCUT2D eigenvalue weighted by Gasteiger charge is -2.55. The SMILES string of the molecule is CC[Si](CC)(CC)OC1CC(=O)O[C@@H]([C@@H](C)O[Si](CC)(CC)CC)C[C@@H]2O[C@@H]2/C(=C\C(=O)OC)C(OC(C)=O)C(O)C(C)(C)/C=C/CCC/C=C/[C@H]2O[C@H](CC/C2=C/C(=O)OC)C[C@@]2(OC)O[C@@H](C1)C[C@H](OC(C)=O)C2(C)C. The monoisotopic (exact) mass is 1130 g/mol. The van der Waals surface area contributed by atoms with Gasteiger partial charge in [-0.1, -0.05) is 93.5 Å². The first-order valence-corrected chi connectivity index (χ1v) is 33.9. The van der Waals surface area contributed by atoms with E-state index in [0.717, 1.165) is 48.3 Å². The van der Waals surface area contributed by atoms with Crippen LogP contribution >= 0.6 is 0 Å². The summed E-state index contributed by atoms with van der Waals surface area (Å²) in [5.41, 5.74) is -0.895. The molecule has 0 aromatic heterocycles. The van der Waals surface area contributed by atoms with Crippen LogP contribution < -0.4 is 0 Å². The van der Waals surface area contributed by atoms with Gasteiger partial charge in [0, 0.05) is 63.4 Å². The third-order valence-electron chi connectivity index (χ3n) is 17.3. The number of carbonyl (C=O) groups is 5. The molecule has 0 amide bonds. The first-order valence-electron chi connectivity index (χ1n) is 28.8. The fourth-order valence-electron chi connectivity index (χ4n) is 11.6. The molecule has 4 rings (SSSR count). The standard InChI is InChI=1S/C59H98O17Si2/c1-17-77(18-2,19-3)75-39(7)48-37-49-54(73-49)46(36-52(63)67-15)55(70-41(9)61)56(65)57(10,11)31-27-25-23-24-26-28-47-42(32-51(62)66-14)29-30-43(71-47)38-59(68-16)58(12,13)50(69-40(8)60)34-44(74-59)33-45(35-53(64)72-48)76-78(20-4,21-5)22-6/h26-28,31-32,36,39,43-45,47-50,54-56,65H,17-25,29-30,33-35,37-38H2,1-16H3/b28-26+,31-27+,42-32-,46-36+/t39-,43-,44+,45?,47-,48-,49+,50+,54-,55?,56?,59-/m1/s1. The zero-order valence-electron chi connectivity index (χ0n) is 50.1. The van der Waals surface area contributed by atoms with E-state index in [0.29, 0.717) is 32.1 Å². The van der Waals surface area contributed by atoms with Gasteiger partial charge in [-0.15, -0.1) is 0 Å². The van der Waals surface area contributed by atoms with Crippen molar-refractivity contribution in [2.45, 2.75) is 263 Å². The Morgan fingerprint density at radius 3 is 1.97 bits per heavy atom. The minimum atomic E-state index is -2.42. The summed E-state index contributed by atoms with van der Waals surface area (Å²) in [6, 6.07) is 5.00. The lowest BCUT2D eigenvalue weighted by molar-refractivity contribution is -0.358. The minimum Gasteiger partial charge on any atom is -0.466 e. The zero-order chi connectivity index (χ0) is 58.2. The van der Waals surface area contributed by atoms with Gasteiger partial charge in [-0.25, -0.2) is 9.59 Å². The maximum absolute atomic E-state index is 14.9. The van der Waals surface area contributed by atoms with Crippen LogP contribution in [0.5, 0.6) is 0 Å². The third-order valence-corrected chi connectivity index (χ3v) is 26.7. The van der Waals surface area contributed by atoms with Gasteiger partial charge in [-0.05, 0) is 87.3 Å². The molecule has 3 unspecified atom stereocenters. The molecule has 0 aromatic rings. The molecule has 0 saturated carbocycles. The maximum Gasteiger partial charge on any atom is 0.330 e. The van der Waals surface area contributed by atoms with E-state index < -0.39 is 130 Å². The Morgan fingerprint density at radius 1 is 0.795 bits per heavy atom. The maximum atomic E-state index is 14.9. The molecule has 4 aliphatic rings. The summed E-state index contributed by atoms with van der Waals surface area (Å²) in [5, 5.41) is 12.2. The highest BCUT2D eigenvalue weighted by molar-refractivity contribution is 6.74. The average Bonchev–Trinajstić information content (AvgIpc) is 4.28. The average molecular weight is 1140 g/mol. The van der Waals surface area contributed by atoms with E-state index in [1.54, 1.807) is 7.11 Å². The number of esters is 5. The van der Waals surface area contributed by atoms with Crippen LogP contribution in [0.25, 0.3) is 0 Å². The van der Waals surface area contributed by atoms with Crippen LogP contribution in [0, 0.1) is 10.8 Å². The van der Waals surface area contributed by atoms with Gasteiger partial charge < -0.3 is 56.6 Å².